The summed E-state index contributed by atoms with van der Waals surface area (Å²) < 4.78 is 6.00. The van der Waals surface area contributed by atoms with Crippen LogP contribution in [0.1, 0.15) is 62.4 Å². The molecule has 0 aliphatic heterocycles. The first kappa shape index (κ1) is 24.3. The predicted molar refractivity (Wildman–Crippen MR) is 154 cm³/mol. The number of pyridine rings is 1. The van der Waals surface area contributed by atoms with Crippen molar-refractivity contribution in [1.29, 1.82) is 0 Å². The number of hydrogen-bond donors (Lipinski definition) is 0. The van der Waals surface area contributed by atoms with Gasteiger partial charge in [-0.3, -0.25) is 0 Å². The van der Waals surface area contributed by atoms with Crippen LogP contribution >= 0.6 is 0 Å². The molecule has 36 heavy (non-hydrogen) atoms. The lowest BCUT2D eigenvalue weighted by Crippen LogP contribution is -2.12. The number of aromatic nitrogens is 1. The van der Waals surface area contributed by atoms with Crippen molar-refractivity contribution in [2.75, 3.05) is 0 Å². The summed E-state index contributed by atoms with van der Waals surface area (Å²) in [6, 6.07) is 20.2. The summed E-state index contributed by atoms with van der Waals surface area (Å²) in [5.41, 5.74) is 11.8. The van der Waals surface area contributed by atoms with Crippen LogP contribution in [0.25, 0.3) is 44.3 Å². The SMILES string of the molecule is Cc1cc(CC(C)C)cc(C)c1-c1cc(-c2cc(C(C)(C)C)c3ccccc3c2)nc2occ(C)c12. The van der Waals surface area contributed by atoms with Gasteiger partial charge in [0, 0.05) is 5.56 Å². The Morgan fingerprint density at radius 1 is 0.861 bits per heavy atom. The maximum atomic E-state index is 6.00. The van der Waals surface area contributed by atoms with Crippen molar-refractivity contribution in [1.82, 2.24) is 4.98 Å². The van der Waals surface area contributed by atoms with Crippen molar-refractivity contribution in [3.05, 3.63) is 88.7 Å². The van der Waals surface area contributed by atoms with E-state index >= 15 is 0 Å². The largest absolute Gasteiger partial charge is 0.446 e. The highest BCUT2D eigenvalue weighted by Gasteiger charge is 2.21. The molecule has 2 heteroatoms. The van der Waals surface area contributed by atoms with Crippen molar-refractivity contribution in [2.45, 2.75) is 67.2 Å². The molecule has 0 bridgehead atoms. The molecule has 0 radical (unpaired) electrons. The van der Waals surface area contributed by atoms with Crippen LogP contribution in [0.15, 0.2) is 65.3 Å². The molecule has 0 aliphatic carbocycles. The summed E-state index contributed by atoms with van der Waals surface area (Å²) in [7, 11) is 0. The molecule has 0 fully saturated rings. The van der Waals surface area contributed by atoms with Crippen LogP contribution in [0.4, 0.5) is 0 Å². The zero-order valence-corrected chi connectivity index (χ0v) is 22.9. The van der Waals surface area contributed by atoms with E-state index in [2.05, 4.69) is 110 Å². The molecule has 3 aromatic carbocycles. The van der Waals surface area contributed by atoms with E-state index in [9.17, 15) is 0 Å². The first-order valence-electron chi connectivity index (χ1n) is 13.1. The topological polar surface area (TPSA) is 26.0 Å². The Morgan fingerprint density at radius 2 is 1.56 bits per heavy atom. The van der Waals surface area contributed by atoms with Crippen LogP contribution in [0.2, 0.25) is 0 Å². The monoisotopic (exact) mass is 475 g/mol. The summed E-state index contributed by atoms with van der Waals surface area (Å²) in [6.07, 6.45) is 2.93. The Bertz CT molecular complexity index is 1570. The van der Waals surface area contributed by atoms with Gasteiger partial charge in [-0.1, -0.05) is 71.0 Å². The third-order valence-corrected chi connectivity index (χ3v) is 7.20. The second kappa shape index (κ2) is 8.92. The molecule has 0 amide bonds. The molecule has 0 unspecified atom stereocenters. The van der Waals surface area contributed by atoms with Crippen LogP contribution in [-0.2, 0) is 11.8 Å². The minimum absolute atomic E-state index is 0.0171. The van der Waals surface area contributed by atoms with Crippen LogP contribution in [0.5, 0.6) is 0 Å². The summed E-state index contributed by atoms with van der Waals surface area (Å²) in [5.74, 6) is 0.634. The van der Waals surface area contributed by atoms with Crippen LogP contribution < -0.4 is 0 Å². The Morgan fingerprint density at radius 3 is 2.22 bits per heavy atom. The van der Waals surface area contributed by atoms with Gasteiger partial charge in [0.1, 0.15) is 0 Å². The van der Waals surface area contributed by atoms with Crippen LogP contribution in [0.3, 0.4) is 0 Å². The number of hydrogen-bond acceptors (Lipinski definition) is 2. The van der Waals surface area contributed by atoms with Gasteiger partial charge >= 0.3 is 0 Å². The maximum absolute atomic E-state index is 6.00. The number of nitrogens with zero attached hydrogens (tertiary/aromatic N) is 1. The average Bonchev–Trinajstić information content (AvgIpc) is 3.17. The van der Waals surface area contributed by atoms with Gasteiger partial charge in [-0.15, -0.1) is 0 Å². The number of benzene rings is 3. The predicted octanol–water partition coefficient (Wildman–Crippen LogP) is 9.74. The fraction of sp³-hybridized carbons (Fsp3) is 0.324. The molecule has 184 valence electrons. The fourth-order valence-electron chi connectivity index (χ4n) is 5.68. The molecule has 0 saturated heterocycles. The van der Waals surface area contributed by atoms with Gasteiger partial charge in [-0.2, -0.15) is 0 Å². The molecule has 0 N–H and O–H groups in total. The van der Waals surface area contributed by atoms with Gasteiger partial charge in [0.05, 0.1) is 17.3 Å². The molecule has 2 heterocycles. The molecular formula is C34H37NO. The third kappa shape index (κ3) is 4.34. The molecule has 0 spiro atoms. The normalized spacial score (nSPS) is 12.2. The highest BCUT2D eigenvalue weighted by molar-refractivity contribution is 5.99. The quantitative estimate of drug-likeness (QED) is 0.258. The van der Waals surface area contributed by atoms with Crippen molar-refractivity contribution < 1.29 is 4.42 Å². The van der Waals surface area contributed by atoms with Gasteiger partial charge in [-0.05, 0) is 106 Å². The second-order valence-corrected chi connectivity index (χ2v) is 11.9. The second-order valence-electron chi connectivity index (χ2n) is 11.9. The van der Waals surface area contributed by atoms with Crippen molar-refractivity contribution >= 4 is 21.9 Å². The first-order chi connectivity index (χ1) is 17.0. The number of furan rings is 1. The van der Waals surface area contributed by atoms with E-state index in [4.69, 9.17) is 9.40 Å². The van der Waals surface area contributed by atoms with Crippen LogP contribution in [0, 0.1) is 26.7 Å². The van der Waals surface area contributed by atoms with E-state index in [1.165, 1.54) is 44.2 Å². The van der Waals surface area contributed by atoms with Gasteiger partial charge < -0.3 is 4.42 Å². The Hall–Kier alpha value is -3.39. The minimum Gasteiger partial charge on any atom is -0.446 e. The molecular weight excluding hydrogens is 438 g/mol. The average molecular weight is 476 g/mol. The van der Waals surface area contributed by atoms with Crippen molar-refractivity contribution in [2.24, 2.45) is 5.92 Å². The standard InChI is InChI=1S/C34H37NO/c1-20(2)13-24-14-21(3)31(22(4)15-24)28-18-30(35-33-32(28)23(5)19-36-33)26-16-25-11-9-10-12-27(25)29(17-26)34(6,7)8/h9-12,14-20H,13H2,1-8H3. The fourth-order valence-corrected chi connectivity index (χ4v) is 5.68. The Kier molecular flexibility index (Phi) is 6.03. The lowest BCUT2D eigenvalue weighted by atomic mass is 9.82. The first-order valence-corrected chi connectivity index (χ1v) is 13.1. The van der Waals surface area contributed by atoms with Crippen molar-refractivity contribution in [3.8, 4) is 22.4 Å². The van der Waals surface area contributed by atoms with Gasteiger partial charge in [0.2, 0.25) is 5.71 Å². The lowest BCUT2D eigenvalue weighted by Gasteiger charge is -2.23. The number of fused-ring (bicyclic) bond motifs is 2. The zero-order valence-electron chi connectivity index (χ0n) is 22.9. The van der Waals surface area contributed by atoms with E-state index in [-0.39, 0.29) is 5.41 Å². The highest BCUT2D eigenvalue weighted by atomic mass is 16.3. The smallest absolute Gasteiger partial charge is 0.227 e. The number of rotatable bonds is 4. The third-order valence-electron chi connectivity index (χ3n) is 7.20. The minimum atomic E-state index is 0.0171. The Balaban J connectivity index is 1.78. The molecule has 0 aliphatic rings. The maximum Gasteiger partial charge on any atom is 0.227 e. The van der Waals surface area contributed by atoms with E-state index < -0.39 is 0 Å². The molecule has 2 aromatic heterocycles. The van der Waals surface area contributed by atoms with Gasteiger partial charge in [-0.25, -0.2) is 4.98 Å². The van der Waals surface area contributed by atoms with E-state index in [1.807, 2.05) is 6.26 Å². The summed E-state index contributed by atoms with van der Waals surface area (Å²) in [5, 5.41) is 3.65. The van der Waals surface area contributed by atoms with Gasteiger partial charge in [0.25, 0.3) is 0 Å². The molecule has 2 nitrogen and oxygen atoms in total. The summed E-state index contributed by atoms with van der Waals surface area (Å²) >= 11 is 0. The molecule has 5 rings (SSSR count). The molecule has 0 atom stereocenters. The summed E-state index contributed by atoms with van der Waals surface area (Å²) in [6.45, 7) is 18.0. The lowest BCUT2D eigenvalue weighted by molar-refractivity contribution is 0.596. The molecule has 0 saturated carbocycles. The van der Waals surface area contributed by atoms with Crippen LogP contribution in [-0.4, -0.2) is 4.98 Å². The Labute approximate surface area is 215 Å². The highest BCUT2D eigenvalue weighted by Crippen LogP contribution is 2.40. The van der Waals surface area contributed by atoms with Gasteiger partial charge in [0.15, 0.2) is 0 Å². The van der Waals surface area contributed by atoms with Crippen molar-refractivity contribution in [3.63, 3.8) is 0 Å². The molecule has 5 aromatic rings. The van der Waals surface area contributed by atoms with E-state index in [0.717, 1.165) is 28.6 Å². The zero-order chi connectivity index (χ0) is 25.8. The van der Waals surface area contributed by atoms with E-state index in [1.54, 1.807) is 0 Å². The summed E-state index contributed by atoms with van der Waals surface area (Å²) in [4.78, 5) is 5.03. The number of aryl methyl sites for hydroxylation is 3. The van der Waals surface area contributed by atoms with E-state index in [0.29, 0.717) is 11.6 Å².